The number of aromatic amines is 1. The molecule has 3 heterocycles. The highest BCUT2D eigenvalue weighted by Gasteiger charge is 2.31. The maximum atomic E-state index is 10.4. The second-order valence-corrected chi connectivity index (χ2v) is 6.82. The standard InChI is InChI=1S/C19H23N5O2/c20-19-18-17(22-12-23-19)14(6-21-18)7-24-8-15(16(25)9-24)11-26-10-13-4-2-1-3-5-13/h1-6,12,15-16,21,25H,7-11H2,(H2,20,22,23)/t15-,16+/m1/s1. The van der Waals surface area contributed by atoms with Gasteiger partial charge in [0.15, 0.2) is 5.82 Å². The SMILES string of the molecule is Nc1ncnc2c(CN3C[C@H](COCc4ccccc4)[C@@H](O)C3)c[nH]c12. The van der Waals surface area contributed by atoms with Crippen LogP contribution in [0.1, 0.15) is 11.1 Å². The highest BCUT2D eigenvalue weighted by atomic mass is 16.5. The fourth-order valence-electron chi connectivity index (χ4n) is 3.51. The van der Waals surface area contributed by atoms with Crippen molar-refractivity contribution < 1.29 is 9.84 Å². The number of anilines is 1. The van der Waals surface area contributed by atoms with Gasteiger partial charge in [-0.15, -0.1) is 0 Å². The lowest BCUT2D eigenvalue weighted by Crippen LogP contribution is -2.22. The first kappa shape index (κ1) is 17.0. The van der Waals surface area contributed by atoms with Gasteiger partial charge in [0, 0.05) is 37.3 Å². The van der Waals surface area contributed by atoms with Gasteiger partial charge < -0.3 is 20.6 Å². The van der Waals surface area contributed by atoms with Crippen molar-refractivity contribution in [3.63, 3.8) is 0 Å². The molecule has 7 nitrogen and oxygen atoms in total. The predicted octanol–water partition coefficient (Wildman–Crippen LogP) is 1.55. The molecule has 136 valence electrons. The van der Waals surface area contributed by atoms with Gasteiger partial charge in [-0.3, -0.25) is 4.90 Å². The van der Waals surface area contributed by atoms with Gasteiger partial charge >= 0.3 is 0 Å². The maximum Gasteiger partial charge on any atom is 0.151 e. The third-order valence-electron chi connectivity index (χ3n) is 4.89. The zero-order chi connectivity index (χ0) is 17.9. The number of nitrogen functional groups attached to an aromatic ring is 1. The lowest BCUT2D eigenvalue weighted by atomic mass is 10.1. The summed E-state index contributed by atoms with van der Waals surface area (Å²) in [5.41, 5.74) is 9.69. The van der Waals surface area contributed by atoms with E-state index in [1.54, 1.807) is 0 Å². The lowest BCUT2D eigenvalue weighted by Gasteiger charge is -2.15. The molecule has 4 rings (SSSR count). The van der Waals surface area contributed by atoms with Gasteiger partial charge in [-0.1, -0.05) is 30.3 Å². The first-order valence-electron chi connectivity index (χ1n) is 8.79. The maximum absolute atomic E-state index is 10.4. The van der Waals surface area contributed by atoms with E-state index < -0.39 is 0 Å². The van der Waals surface area contributed by atoms with Crippen LogP contribution in [-0.4, -0.2) is 50.8 Å². The highest BCUT2D eigenvalue weighted by Crippen LogP contribution is 2.24. The van der Waals surface area contributed by atoms with E-state index in [9.17, 15) is 5.11 Å². The summed E-state index contributed by atoms with van der Waals surface area (Å²) in [7, 11) is 0. The number of H-pyrrole nitrogens is 1. The molecule has 2 atom stereocenters. The molecule has 0 bridgehead atoms. The van der Waals surface area contributed by atoms with Crippen LogP contribution in [0.5, 0.6) is 0 Å². The molecule has 0 spiro atoms. The van der Waals surface area contributed by atoms with Crippen molar-refractivity contribution in [2.45, 2.75) is 19.3 Å². The number of aliphatic hydroxyl groups is 1. The van der Waals surface area contributed by atoms with E-state index in [1.165, 1.54) is 6.33 Å². The molecule has 7 heteroatoms. The summed E-state index contributed by atoms with van der Waals surface area (Å²) in [4.78, 5) is 13.7. The molecule has 0 radical (unpaired) electrons. The number of nitrogens with one attached hydrogen (secondary N) is 1. The molecule has 1 aliphatic heterocycles. The number of aliphatic hydroxyl groups excluding tert-OH is 1. The van der Waals surface area contributed by atoms with E-state index in [4.69, 9.17) is 10.5 Å². The minimum Gasteiger partial charge on any atom is -0.391 e. The molecule has 0 amide bonds. The fraction of sp³-hybridized carbons (Fsp3) is 0.368. The smallest absolute Gasteiger partial charge is 0.151 e. The number of benzene rings is 1. The van der Waals surface area contributed by atoms with Crippen LogP contribution in [0.4, 0.5) is 5.82 Å². The largest absolute Gasteiger partial charge is 0.391 e. The van der Waals surface area contributed by atoms with Crippen molar-refractivity contribution >= 4 is 16.9 Å². The Labute approximate surface area is 151 Å². The zero-order valence-corrected chi connectivity index (χ0v) is 14.5. The number of hydrogen-bond acceptors (Lipinski definition) is 6. The molecule has 2 aromatic heterocycles. The van der Waals surface area contributed by atoms with Gasteiger partial charge in [0.05, 0.1) is 24.8 Å². The molecule has 1 aliphatic rings. The Morgan fingerprint density at radius 1 is 1.23 bits per heavy atom. The summed E-state index contributed by atoms with van der Waals surface area (Å²) < 4.78 is 5.81. The van der Waals surface area contributed by atoms with E-state index >= 15 is 0 Å². The molecule has 0 aliphatic carbocycles. The van der Waals surface area contributed by atoms with E-state index in [-0.39, 0.29) is 12.0 Å². The van der Waals surface area contributed by atoms with Crippen LogP contribution in [0.3, 0.4) is 0 Å². The molecule has 4 N–H and O–H groups in total. The average molecular weight is 353 g/mol. The van der Waals surface area contributed by atoms with Crippen LogP contribution < -0.4 is 5.73 Å². The molecule has 1 saturated heterocycles. The first-order valence-corrected chi connectivity index (χ1v) is 8.79. The number of likely N-dealkylation sites (tertiary alicyclic amines) is 1. The number of rotatable bonds is 6. The van der Waals surface area contributed by atoms with E-state index in [0.717, 1.165) is 28.7 Å². The van der Waals surface area contributed by atoms with Crippen molar-refractivity contribution in [2.24, 2.45) is 5.92 Å². The normalized spacial score (nSPS) is 20.8. The highest BCUT2D eigenvalue weighted by molar-refractivity contribution is 5.86. The number of nitrogens with zero attached hydrogens (tertiary/aromatic N) is 3. The van der Waals surface area contributed by atoms with Crippen LogP contribution in [-0.2, 0) is 17.9 Å². The number of hydrogen-bond donors (Lipinski definition) is 3. The topological polar surface area (TPSA) is 100 Å². The van der Waals surface area contributed by atoms with Crippen LogP contribution in [0.25, 0.3) is 11.0 Å². The van der Waals surface area contributed by atoms with Crippen LogP contribution in [0.2, 0.25) is 0 Å². The summed E-state index contributed by atoms with van der Waals surface area (Å²) in [6.45, 7) is 3.26. The monoisotopic (exact) mass is 353 g/mol. The third kappa shape index (κ3) is 3.55. The quantitative estimate of drug-likeness (QED) is 0.622. The first-order chi connectivity index (χ1) is 12.7. The number of ether oxygens (including phenoxy) is 1. The number of fused-ring (bicyclic) bond motifs is 1. The van der Waals surface area contributed by atoms with Crippen LogP contribution in [0.15, 0.2) is 42.9 Å². The molecular formula is C19H23N5O2. The summed E-state index contributed by atoms with van der Waals surface area (Å²) in [6, 6.07) is 10.1. The van der Waals surface area contributed by atoms with Gasteiger partial charge in [0.2, 0.25) is 0 Å². The van der Waals surface area contributed by atoms with Crippen molar-refractivity contribution in [1.82, 2.24) is 19.9 Å². The van der Waals surface area contributed by atoms with Crippen molar-refractivity contribution in [3.05, 3.63) is 54.0 Å². The summed E-state index contributed by atoms with van der Waals surface area (Å²) >= 11 is 0. The molecule has 0 unspecified atom stereocenters. The van der Waals surface area contributed by atoms with Gasteiger partial charge in [-0.05, 0) is 5.56 Å². The van der Waals surface area contributed by atoms with Gasteiger partial charge in [0.1, 0.15) is 11.8 Å². The molecule has 0 saturated carbocycles. The number of aromatic nitrogens is 3. The lowest BCUT2D eigenvalue weighted by molar-refractivity contribution is 0.0448. The summed E-state index contributed by atoms with van der Waals surface area (Å²) in [6.07, 6.45) is 3.02. The number of β-amino-alcohol motifs (C(OH)–C–C–N with tert-alkyl or cyclic N) is 1. The second kappa shape index (κ2) is 7.41. The summed E-state index contributed by atoms with van der Waals surface area (Å²) in [5.74, 6) is 0.568. The Balaban J connectivity index is 1.34. The third-order valence-corrected chi connectivity index (χ3v) is 4.89. The van der Waals surface area contributed by atoms with Crippen LogP contribution in [0, 0.1) is 5.92 Å². The van der Waals surface area contributed by atoms with Gasteiger partial charge in [-0.2, -0.15) is 0 Å². The molecule has 1 aromatic carbocycles. The summed E-state index contributed by atoms with van der Waals surface area (Å²) in [5, 5.41) is 10.4. The van der Waals surface area contributed by atoms with Gasteiger partial charge in [0.25, 0.3) is 0 Å². The van der Waals surface area contributed by atoms with E-state index in [0.29, 0.717) is 32.1 Å². The van der Waals surface area contributed by atoms with E-state index in [1.807, 2.05) is 36.5 Å². The van der Waals surface area contributed by atoms with Crippen LogP contribution >= 0.6 is 0 Å². The zero-order valence-electron chi connectivity index (χ0n) is 14.5. The average Bonchev–Trinajstić information content (AvgIpc) is 3.21. The fourth-order valence-corrected chi connectivity index (χ4v) is 3.51. The Morgan fingerprint density at radius 2 is 2.08 bits per heavy atom. The molecular weight excluding hydrogens is 330 g/mol. The Hall–Kier alpha value is -2.48. The van der Waals surface area contributed by atoms with Crippen molar-refractivity contribution in [1.29, 1.82) is 0 Å². The minimum absolute atomic E-state index is 0.114. The molecule has 26 heavy (non-hydrogen) atoms. The second-order valence-electron chi connectivity index (χ2n) is 6.82. The van der Waals surface area contributed by atoms with Crippen molar-refractivity contribution in [3.8, 4) is 0 Å². The molecule has 3 aromatic rings. The number of nitrogens with two attached hydrogens (primary N) is 1. The van der Waals surface area contributed by atoms with Gasteiger partial charge in [-0.25, -0.2) is 9.97 Å². The Kier molecular flexibility index (Phi) is 4.83. The minimum atomic E-state index is -0.379. The Bertz CT molecular complexity index is 867. The molecule has 1 fully saturated rings. The predicted molar refractivity (Wildman–Crippen MR) is 99.2 cm³/mol. The van der Waals surface area contributed by atoms with Crippen molar-refractivity contribution in [2.75, 3.05) is 25.4 Å². The van der Waals surface area contributed by atoms with E-state index in [2.05, 4.69) is 19.9 Å². The Morgan fingerprint density at radius 3 is 2.92 bits per heavy atom.